The Hall–Kier alpha value is -2.46. The molecule has 1 aliphatic rings. The van der Waals surface area contributed by atoms with Crippen LogP contribution in [0, 0.1) is 5.82 Å². The molecule has 0 radical (unpaired) electrons. The first-order valence-electron chi connectivity index (χ1n) is 7.51. The predicted octanol–water partition coefficient (Wildman–Crippen LogP) is 0.433. The molecule has 2 N–H and O–H groups in total. The van der Waals surface area contributed by atoms with Crippen molar-refractivity contribution >= 4 is 15.9 Å². The maximum atomic E-state index is 13.0. The first-order valence-corrected chi connectivity index (χ1v) is 9.36. The van der Waals surface area contributed by atoms with E-state index in [4.69, 9.17) is 0 Å². The number of hydrogen-bond donors (Lipinski definition) is 2. The van der Waals surface area contributed by atoms with E-state index in [0.717, 1.165) is 24.1 Å². The number of phenolic OH excluding ortho intramolecular Hbond substituents is 1. The van der Waals surface area contributed by atoms with Gasteiger partial charge in [0.2, 0.25) is 10.0 Å². The number of sulfonamides is 1. The first-order chi connectivity index (χ1) is 11.7. The average molecular weight is 368 g/mol. The highest BCUT2D eigenvalue weighted by atomic mass is 32.2. The van der Waals surface area contributed by atoms with Crippen LogP contribution in [0.1, 0.15) is 21.7 Å². The van der Waals surface area contributed by atoms with Crippen molar-refractivity contribution in [3.63, 3.8) is 0 Å². The minimum absolute atomic E-state index is 0.0337. The number of aromatic hydroxyl groups is 1. The van der Waals surface area contributed by atoms with E-state index in [1.54, 1.807) is 10.7 Å². The molecule has 1 aromatic carbocycles. The average Bonchev–Trinajstić information content (AvgIpc) is 2.93. The van der Waals surface area contributed by atoms with Crippen LogP contribution in [-0.4, -0.2) is 46.3 Å². The lowest BCUT2D eigenvalue weighted by Crippen LogP contribution is -2.37. The molecular formula is C15H17FN4O4S. The topological polar surface area (TPSA) is 105 Å². The minimum atomic E-state index is -3.27. The van der Waals surface area contributed by atoms with Crippen LogP contribution in [0.3, 0.4) is 0 Å². The normalized spacial score (nSPS) is 15.0. The van der Waals surface area contributed by atoms with Gasteiger partial charge in [-0.25, -0.2) is 12.8 Å². The monoisotopic (exact) mass is 368 g/mol. The second-order valence-corrected chi connectivity index (χ2v) is 7.77. The number of rotatable bonds is 4. The van der Waals surface area contributed by atoms with Gasteiger partial charge >= 0.3 is 0 Å². The molecule has 25 heavy (non-hydrogen) atoms. The molecule has 0 aliphatic carbocycles. The highest BCUT2D eigenvalue weighted by molar-refractivity contribution is 7.88. The van der Waals surface area contributed by atoms with Crippen LogP contribution in [0.15, 0.2) is 24.3 Å². The zero-order chi connectivity index (χ0) is 18.2. The summed E-state index contributed by atoms with van der Waals surface area (Å²) >= 11 is 0. The largest absolute Gasteiger partial charge is 0.507 e. The summed E-state index contributed by atoms with van der Waals surface area (Å²) in [4.78, 5) is 12.1. The van der Waals surface area contributed by atoms with E-state index in [9.17, 15) is 22.7 Å². The smallest absolute Gasteiger partial charge is 0.255 e. The van der Waals surface area contributed by atoms with Crippen LogP contribution >= 0.6 is 0 Å². The molecule has 134 valence electrons. The molecule has 1 aromatic heterocycles. The molecule has 0 saturated carbocycles. The van der Waals surface area contributed by atoms with Crippen molar-refractivity contribution in [2.75, 3.05) is 12.8 Å². The molecule has 0 saturated heterocycles. The Labute approximate surface area is 143 Å². The molecule has 1 aliphatic heterocycles. The van der Waals surface area contributed by atoms with Crippen molar-refractivity contribution in [2.45, 2.75) is 19.6 Å². The highest BCUT2D eigenvalue weighted by Gasteiger charge is 2.24. The number of nitrogens with one attached hydrogen (secondary N) is 1. The van der Waals surface area contributed by atoms with E-state index in [2.05, 4.69) is 10.4 Å². The number of carbonyl (C=O) groups excluding carboxylic acids is 1. The molecule has 2 heterocycles. The van der Waals surface area contributed by atoms with Gasteiger partial charge in [0.05, 0.1) is 42.8 Å². The summed E-state index contributed by atoms with van der Waals surface area (Å²) in [5, 5.41) is 16.5. The Morgan fingerprint density at radius 2 is 2.12 bits per heavy atom. The number of nitrogens with zero attached hydrogens (tertiary/aromatic N) is 3. The van der Waals surface area contributed by atoms with E-state index in [-0.39, 0.29) is 18.7 Å². The molecule has 8 nitrogen and oxygen atoms in total. The number of phenols is 1. The second-order valence-electron chi connectivity index (χ2n) is 5.79. The van der Waals surface area contributed by atoms with Crippen LogP contribution in [0.4, 0.5) is 4.39 Å². The summed E-state index contributed by atoms with van der Waals surface area (Å²) in [5.41, 5.74) is 1.28. The number of fused-ring (bicyclic) bond motifs is 1. The van der Waals surface area contributed by atoms with Gasteiger partial charge in [-0.15, -0.1) is 0 Å². The maximum Gasteiger partial charge on any atom is 0.255 e. The Morgan fingerprint density at radius 1 is 1.36 bits per heavy atom. The lowest BCUT2D eigenvalue weighted by Gasteiger charge is -2.25. The highest BCUT2D eigenvalue weighted by Crippen LogP contribution is 2.19. The summed E-state index contributed by atoms with van der Waals surface area (Å²) in [6, 6.07) is 4.87. The van der Waals surface area contributed by atoms with Crippen molar-refractivity contribution in [1.82, 2.24) is 19.4 Å². The minimum Gasteiger partial charge on any atom is -0.507 e. The van der Waals surface area contributed by atoms with Crippen LogP contribution in [0.25, 0.3) is 0 Å². The number of hydrogen-bond acceptors (Lipinski definition) is 5. The zero-order valence-electron chi connectivity index (χ0n) is 13.4. The molecule has 0 atom stereocenters. The SMILES string of the molecule is CS(=O)(=O)N1CCn2nc(CNC(=O)c3ccc(F)cc3O)cc2C1. The summed E-state index contributed by atoms with van der Waals surface area (Å²) in [6.07, 6.45) is 1.16. The predicted molar refractivity (Wildman–Crippen MR) is 86.7 cm³/mol. The molecule has 10 heteroatoms. The van der Waals surface area contributed by atoms with Gasteiger partial charge in [0, 0.05) is 12.6 Å². The lowest BCUT2D eigenvalue weighted by molar-refractivity contribution is 0.0947. The molecule has 0 bridgehead atoms. The molecular weight excluding hydrogens is 351 g/mol. The van der Waals surface area contributed by atoms with Gasteiger partial charge in [-0.2, -0.15) is 9.40 Å². The maximum absolute atomic E-state index is 13.0. The molecule has 0 unspecified atom stereocenters. The van der Waals surface area contributed by atoms with Crippen LogP contribution in [0.2, 0.25) is 0 Å². The molecule has 2 aromatic rings. The molecule has 0 spiro atoms. The lowest BCUT2D eigenvalue weighted by atomic mass is 10.2. The number of amides is 1. The third-order valence-electron chi connectivity index (χ3n) is 3.92. The van der Waals surface area contributed by atoms with Crippen LogP contribution < -0.4 is 5.32 Å². The van der Waals surface area contributed by atoms with E-state index in [1.165, 1.54) is 10.4 Å². The van der Waals surface area contributed by atoms with Gasteiger partial charge in [-0.1, -0.05) is 0 Å². The van der Waals surface area contributed by atoms with Gasteiger partial charge in [0.15, 0.2) is 0 Å². The van der Waals surface area contributed by atoms with Gasteiger partial charge in [-0.05, 0) is 18.2 Å². The van der Waals surface area contributed by atoms with Crippen LogP contribution in [-0.2, 0) is 29.7 Å². The fourth-order valence-corrected chi connectivity index (χ4v) is 3.41. The summed E-state index contributed by atoms with van der Waals surface area (Å²) in [5.74, 6) is -1.63. The fraction of sp³-hybridized carbons (Fsp3) is 0.333. The third kappa shape index (κ3) is 3.80. The molecule has 1 amide bonds. The van der Waals surface area contributed by atoms with Crippen molar-refractivity contribution in [3.05, 3.63) is 47.0 Å². The third-order valence-corrected chi connectivity index (χ3v) is 5.17. The Balaban J connectivity index is 1.67. The van der Waals surface area contributed by atoms with Gasteiger partial charge in [-0.3, -0.25) is 9.48 Å². The first kappa shape index (κ1) is 17.4. The van der Waals surface area contributed by atoms with Gasteiger partial charge in [0.1, 0.15) is 11.6 Å². The number of carbonyl (C=O) groups is 1. The van der Waals surface area contributed by atoms with Crippen molar-refractivity contribution in [3.8, 4) is 5.75 Å². The summed E-state index contributed by atoms with van der Waals surface area (Å²) in [6.45, 7) is 1.13. The van der Waals surface area contributed by atoms with E-state index in [0.29, 0.717) is 18.8 Å². The molecule has 3 rings (SSSR count). The summed E-state index contributed by atoms with van der Waals surface area (Å²) in [7, 11) is -3.27. The van der Waals surface area contributed by atoms with Crippen molar-refractivity contribution < 1.29 is 22.7 Å². The van der Waals surface area contributed by atoms with E-state index >= 15 is 0 Å². The standard InChI is InChI=1S/C15H17FN4O4S/c1-25(23,24)19-4-5-20-12(9-19)7-11(18-20)8-17-15(22)13-3-2-10(16)6-14(13)21/h2-3,6-7,21H,4-5,8-9H2,1H3,(H,17,22). The number of halogens is 1. The van der Waals surface area contributed by atoms with Crippen LogP contribution in [0.5, 0.6) is 5.75 Å². The van der Waals surface area contributed by atoms with Gasteiger partial charge < -0.3 is 10.4 Å². The Bertz CT molecular complexity index is 926. The van der Waals surface area contributed by atoms with Crippen molar-refractivity contribution in [2.24, 2.45) is 0 Å². The second kappa shape index (κ2) is 6.45. The van der Waals surface area contributed by atoms with Crippen molar-refractivity contribution in [1.29, 1.82) is 0 Å². The van der Waals surface area contributed by atoms with E-state index in [1.807, 2.05) is 0 Å². The quantitative estimate of drug-likeness (QED) is 0.815. The fourth-order valence-electron chi connectivity index (χ4n) is 2.63. The van der Waals surface area contributed by atoms with Gasteiger partial charge in [0.25, 0.3) is 5.91 Å². The number of aromatic nitrogens is 2. The molecule has 0 fully saturated rings. The summed E-state index contributed by atoms with van der Waals surface area (Å²) < 4.78 is 39.3. The Morgan fingerprint density at radius 3 is 2.80 bits per heavy atom. The Kier molecular flexibility index (Phi) is 4.48. The zero-order valence-corrected chi connectivity index (χ0v) is 14.3. The van der Waals surface area contributed by atoms with E-state index < -0.39 is 27.5 Å². The number of benzene rings is 1.